The van der Waals surface area contributed by atoms with Crippen molar-refractivity contribution in [2.24, 2.45) is 0 Å². The number of nitrogens with zero attached hydrogens (tertiary/aromatic N) is 1. The van der Waals surface area contributed by atoms with Gasteiger partial charge in [0.25, 0.3) is 0 Å². The van der Waals surface area contributed by atoms with Crippen LogP contribution in [-0.2, 0) is 0 Å². The zero-order chi connectivity index (χ0) is 17.4. The molecule has 0 radical (unpaired) electrons. The van der Waals surface area contributed by atoms with Gasteiger partial charge in [-0.05, 0) is 14.1 Å². The summed E-state index contributed by atoms with van der Waals surface area (Å²) in [5.74, 6) is -1.56. The summed E-state index contributed by atoms with van der Waals surface area (Å²) in [7, 11) is 3.82. The van der Waals surface area contributed by atoms with E-state index in [0.29, 0.717) is 13.1 Å². The van der Waals surface area contributed by atoms with Crippen LogP contribution in [0.4, 0.5) is 5.69 Å². The van der Waals surface area contributed by atoms with E-state index in [1.807, 2.05) is 19.0 Å². The van der Waals surface area contributed by atoms with E-state index < -0.39 is 11.6 Å². The van der Waals surface area contributed by atoms with Crippen molar-refractivity contribution in [1.29, 1.82) is 0 Å². The minimum Gasteiger partial charge on any atom is -0.507 e. The number of carbonyl (C=O) groups excluding carboxylic acids is 2. The van der Waals surface area contributed by atoms with E-state index in [1.165, 1.54) is 12.1 Å². The van der Waals surface area contributed by atoms with E-state index in [4.69, 9.17) is 0 Å². The molecule has 0 spiro atoms. The van der Waals surface area contributed by atoms with Crippen LogP contribution in [0.5, 0.6) is 11.5 Å². The summed E-state index contributed by atoms with van der Waals surface area (Å²) in [5.41, 5.74) is 0.405. The summed E-state index contributed by atoms with van der Waals surface area (Å²) in [5, 5.41) is 23.7. The molecule has 6 heteroatoms. The molecule has 0 amide bonds. The van der Waals surface area contributed by atoms with Gasteiger partial charge in [-0.15, -0.1) is 0 Å². The second-order valence-electron chi connectivity index (χ2n) is 5.98. The Bertz CT molecular complexity index is 843. The van der Waals surface area contributed by atoms with E-state index in [9.17, 15) is 19.8 Å². The first kappa shape index (κ1) is 16.0. The molecule has 0 atom stereocenters. The largest absolute Gasteiger partial charge is 0.507 e. The maximum absolute atomic E-state index is 12.7. The summed E-state index contributed by atoms with van der Waals surface area (Å²) in [4.78, 5) is 27.2. The number of hydrogen-bond acceptors (Lipinski definition) is 6. The molecule has 1 aliphatic carbocycles. The number of carbonyl (C=O) groups is 2. The second kappa shape index (κ2) is 5.98. The Kier molecular flexibility index (Phi) is 3.99. The number of anilines is 1. The van der Waals surface area contributed by atoms with Crippen LogP contribution in [0, 0.1) is 0 Å². The first-order valence-corrected chi connectivity index (χ1v) is 7.57. The second-order valence-corrected chi connectivity index (χ2v) is 5.98. The van der Waals surface area contributed by atoms with Gasteiger partial charge in [-0.3, -0.25) is 9.59 Å². The van der Waals surface area contributed by atoms with Crippen LogP contribution < -0.4 is 5.32 Å². The van der Waals surface area contributed by atoms with Crippen LogP contribution in [0.3, 0.4) is 0 Å². The van der Waals surface area contributed by atoms with E-state index in [1.54, 1.807) is 18.2 Å². The van der Waals surface area contributed by atoms with Gasteiger partial charge in [-0.1, -0.05) is 24.3 Å². The molecule has 6 nitrogen and oxygen atoms in total. The van der Waals surface area contributed by atoms with Crippen molar-refractivity contribution in [3.63, 3.8) is 0 Å². The number of fused-ring (bicyclic) bond motifs is 2. The molecule has 2 aromatic carbocycles. The fraction of sp³-hybridized carbons (Fsp3) is 0.222. The molecule has 3 rings (SSSR count). The molecular weight excluding hydrogens is 308 g/mol. The number of aromatic hydroxyl groups is 2. The molecule has 0 aromatic heterocycles. The predicted octanol–water partition coefficient (Wildman–Crippen LogP) is 1.85. The number of ketones is 2. The molecule has 0 saturated carbocycles. The fourth-order valence-electron chi connectivity index (χ4n) is 2.81. The number of nitrogens with one attached hydrogen (secondary N) is 1. The minimum atomic E-state index is -0.468. The molecular formula is C18H18N2O4. The molecule has 24 heavy (non-hydrogen) atoms. The van der Waals surface area contributed by atoms with Crippen LogP contribution in [-0.4, -0.2) is 53.9 Å². The smallest absolute Gasteiger partial charge is 0.198 e. The Labute approximate surface area is 139 Å². The summed E-state index contributed by atoms with van der Waals surface area (Å²) in [6, 6.07) is 7.68. The number of phenolic OH excluding ortho intramolecular Hbond substituents is 2. The topological polar surface area (TPSA) is 89.9 Å². The van der Waals surface area contributed by atoms with Crippen molar-refractivity contribution in [3.05, 3.63) is 52.6 Å². The molecule has 0 saturated heterocycles. The summed E-state index contributed by atoms with van der Waals surface area (Å²) in [6.45, 7) is 1.21. The molecule has 0 bridgehead atoms. The van der Waals surface area contributed by atoms with Crippen LogP contribution >= 0.6 is 0 Å². The lowest BCUT2D eigenvalue weighted by Gasteiger charge is -2.21. The lowest BCUT2D eigenvalue weighted by molar-refractivity contribution is 0.0974. The standard InChI is InChI=1S/C18H18N2O4/c1-20(2)8-7-19-12-9-13(21)14-15(18(12)24)17(23)11-6-4-3-5-10(11)16(14)22/h3-6,9,19,21,24H,7-8H2,1-2H3. The predicted molar refractivity (Wildman–Crippen MR) is 90.1 cm³/mol. The zero-order valence-corrected chi connectivity index (χ0v) is 13.5. The molecule has 124 valence electrons. The molecule has 2 aromatic rings. The third-order valence-corrected chi connectivity index (χ3v) is 4.02. The van der Waals surface area contributed by atoms with Gasteiger partial charge in [0.15, 0.2) is 17.3 Å². The van der Waals surface area contributed by atoms with Crippen molar-refractivity contribution in [3.8, 4) is 11.5 Å². The molecule has 0 unspecified atom stereocenters. The summed E-state index contributed by atoms with van der Waals surface area (Å²) in [6.07, 6.45) is 0. The average Bonchev–Trinajstić information content (AvgIpc) is 2.55. The first-order valence-electron chi connectivity index (χ1n) is 7.57. The molecule has 3 N–H and O–H groups in total. The van der Waals surface area contributed by atoms with Crippen molar-refractivity contribution in [1.82, 2.24) is 4.90 Å². The Morgan fingerprint density at radius 3 is 2.17 bits per heavy atom. The number of likely N-dealkylation sites (N-methyl/N-ethyl adjacent to an activating group) is 1. The van der Waals surface area contributed by atoms with Gasteiger partial charge < -0.3 is 20.4 Å². The highest BCUT2D eigenvalue weighted by Gasteiger charge is 2.35. The van der Waals surface area contributed by atoms with Gasteiger partial charge in [0.1, 0.15) is 5.75 Å². The van der Waals surface area contributed by atoms with Crippen LogP contribution in [0.25, 0.3) is 0 Å². The van der Waals surface area contributed by atoms with Gasteiger partial charge >= 0.3 is 0 Å². The highest BCUT2D eigenvalue weighted by atomic mass is 16.3. The first-order chi connectivity index (χ1) is 11.4. The third kappa shape index (κ3) is 2.51. The van der Waals surface area contributed by atoms with Gasteiger partial charge in [0, 0.05) is 30.3 Å². The number of phenols is 2. The Morgan fingerprint density at radius 1 is 1.00 bits per heavy atom. The summed E-state index contributed by atoms with van der Waals surface area (Å²) >= 11 is 0. The zero-order valence-electron chi connectivity index (χ0n) is 13.5. The maximum atomic E-state index is 12.7. The SMILES string of the molecule is CN(C)CCNc1cc(O)c2c(c1O)C(=O)c1ccccc1C2=O. The monoisotopic (exact) mass is 326 g/mol. The Morgan fingerprint density at radius 2 is 1.58 bits per heavy atom. The van der Waals surface area contributed by atoms with E-state index >= 15 is 0 Å². The highest BCUT2D eigenvalue weighted by Crippen LogP contribution is 2.42. The van der Waals surface area contributed by atoms with Crippen molar-refractivity contribution in [2.45, 2.75) is 0 Å². The van der Waals surface area contributed by atoms with Crippen LogP contribution in [0.15, 0.2) is 30.3 Å². The van der Waals surface area contributed by atoms with Gasteiger partial charge in [-0.25, -0.2) is 0 Å². The Balaban J connectivity index is 2.08. The highest BCUT2D eigenvalue weighted by molar-refractivity contribution is 6.30. The van der Waals surface area contributed by atoms with Crippen LogP contribution in [0.1, 0.15) is 31.8 Å². The number of hydrogen-bond donors (Lipinski definition) is 3. The van der Waals surface area contributed by atoms with Crippen molar-refractivity contribution in [2.75, 3.05) is 32.5 Å². The quantitative estimate of drug-likeness (QED) is 0.501. The van der Waals surface area contributed by atoms with E-state index in [2.05, 4.69) is 5.32 Å². The molecule has 0 heterocycles. The minimum absolute atomic E-state index is 0.144. The van der Waals surface area contributed by atoms with Gasteiger partial charge in [0.2, 0.25) is 0 Å². The van der Waals surface area contributed by atoms with Crippen LogP contribution in [0.2, 0.25) is 0 Å². The van der Waals surface area contributed by atoms with E-state index in [0.717, 1.165) is 0 Å². The summed E-state index contributed by atoms with van der Waals surface area (Å²) < 4.78 is 0. The number of benzene rings is 2. The van der Waals surface area contributed by atoms with Crippen molar-refractivity contribution >= 4 is 17.3 Å². The normalized spacial score (nSPS) is 13.0. The molecule has 1 aliphatic rings. The Hall–Kier alpha value is -2.86. The van der Waals surface area contributed by atoms with E-state index in [-0.39, 0.29) is 39.4 Å². The van der Waals surface area contributed by atoms with Gasteiger partial charge in [-0.2, -0.15) is 0 Å². The van der Waals surface area contributed by atoms with Gasteiger partial charge in [0.05, 0.1) is 16.8 Å². The molecule has 0 aliphatic heterocycles. The lowest BCUT2D eigenvalue weighted by atomic mass is 9.82. The number of rotatable bonds is 4. The van der Waals surface area contributed by atoms with Crippen molar-refractivity contribution < 1.29 is 19.8 Å². The lowest BCUT2D eigenvalue weighted by Crippen LogP contribution is -2.23. The molecule has 0 fully saturated rings. The maximum Gasteiger partial charge on any atom is 0.198 e. The fourth-order valence-corrected chi connectivity index (χ4v) is 2.81. The average molecular weight is 326 g/mol. The third-order valence-electron chi connectivity index (χ3n) is 4.02.